The number of non-ortho nitro benzene ring substituents is 1. The lowest BCUT2D eigenvalue weighted by Crippen LogP contribution is -2.20. The predicted molar refractivity (Wildman–Crippen MR) is 108 cm³/mol. The molecule has 2 aromatic heterocycles. The minimum atomic E-state index is -0.474. The fraction of sp³-hybridized carbons (Fsp3) is 0.100. The molecule has 2 heterocycles. The second-order valence-corrected chi connectivity index (χ2v) is 7.17. The first-order valence-corrected chi connectivity index (χ1v) is 9.24. The van der Waals surface area contributed by atoms with E-state index in [2.05, 4.69) is 4.98 Å². The Morgan fingerprint density at radius 1 is 1.18 bits per heavy atom. The molecule has 4 aromatic rings. The van der Waals surface area contributed by atoms with E-state index < -0.39 is 4.92 Å². The van der Waals surface area contributed by atoms with Gasteiger partial charge in [-0.2, -0.15) is 0 Å². The Balaban J connectivity index is 1.76. The predicted octanol–water partition coefficient (Wildman–Crippen LogP) is 4.09. The van der Waals surface area contributed by atoms with Crippen molar-refractivity contribution in [3.05, 3.63) is 87.0 Å². The third-order valence-corrected chi connectivity index (χ3v) is 5.54. The molecule has 140 valence electrons. The molecule has 4 rings (SSSR count). The van der Waals surface area contributed by atoms with Crippen molar-refractivity contribution in [2.24, 2.45) is 0 Å². The van der Waals surface area contributed by atoms with Gasteiger partial charge in [0.05, 0.1) is 30.4 Å². The molecule has 0 spiro atoms. The van der Waals surface area contributed by atoms with Gasteiger partial charge in [-0.15, -0.1) is 11.3 Å². The van der Waals surface area contributed by atoms with Gasteiger partial charge in [0, 0.05) is 22.6 Å². The van der Waals surface area contributed by atoms with Crippen LogP contribution < -0.4 is 10.3 Å². The van der Waals surface area contributed by atoms with Crippen LogP contribution in [0.15, 0.2) is 65.7 Å². The van der Waals surface area contributed by atoms with Crippen molar-refractivity contribution in [3.63, 3.8) is 0 Å². The van der Waals surface area contributed by atoms with Gasteiger partial charge < -0.3 is 4.74 Å². The van der Waals surface area contributed by atoms with E-state index in [-0.39, 0.29) is 17.8 Å². The molecule has 2 aromatic carbocycles. The monoisotopic (exact) mass is 393 g/mol. The quantitative estimate of drug-likeness (QED) is 0.376. The molecule has 0 aliphatic heterocycles. The summed E-state index contributed by atoms with van der Waals surface area (Å²) in [6.07, 6.45) is 1.46. The molecule has 0 radical (unpaired) electrons. The number of fused-ring (bicyclic) bond motifs is 1. The number of nitro groups is 1. The van der Waals surface area contributed by atoms with Crippen LogP contribution in [0.5, 0.6) is 5.75 Å². The molecule has 0 bridgehead atoms. The average molecular weight is 393 g/mol. The van der Waals surface area contributed by atoms with Crippen LogP contribution in [0, 0.1) is 10.1 Å². The van der Waals surface area contributed by atoms with Crippen molar-refractivity contribution in [2.45, 2.75) is 6.54 Å². The van der Waals surface area contributed by atoms with Crippen molar-refractivity contribution in [1.82, 2.24) is 9.55 Å². The Labute approximate surface area is 163 Å². The van der Waals surface area contributed by atoms with Crippen LogP contribution in [-0.4, -0.2) is 21.6 Å². The van der Waals surface area contributed by atoms with Crippen LogP contribution in [0.3, 0.4) is 0 Å². The molecule has 8 heteroatoms. The lowest BCUT2D eigenvalue weighted by molar-refractivity contribution is -0.384. The highest BCUT2D eigenvalue weighted by molar-refractivity contribution is 7.22. The zero-order chi connectivity index (χ0) is 19.7. The molecule has 0 aliphatic carbocycles. The van der Waals surface area contributed by atoms with Gasteiger partial charge in [-0.25, -0.2) is 4.98 Å². The van der Waals surface area contributed by atoms with Crippen molar-refractivity contribution >= 4 is 27.2 Å². The maximum absolute atomic E-state index is 13.0. The van der Waals surface area contributed by atoms with E-state index in [4.69, 9.17) is 4.74 Å². The summed E-state index contributed by atoms with van der Waals surface area (Å²) in [7, 11) is 1.49. The Hall–Kier alpha value is -3.52. The fourth-order valence-electron chi connectivity index (χ4n) is 2.99. The molecule has 0 unspecified atom stereocenters. The SMILES string of the molecule is COc1ccc([N+](=O)[O-])cc1Cn1cnc2cc(-c3ccccc3)sc2c1=O. The normalized spacial score (nSPS) is 10.9. The van der Waals surface area contributed by atoms with Crippen molar-refractivity contribution in [3.8, 4) is 16.2 Å². The number of methoxy groups -OCH3 is 1. The Kier molecular flexibility index (Phi) is 4.62. The number of aromatic nitrogens is 2. The molecule has 0 N–H and O–H groups in total. The zero-order valence-electron chi connectivity index (χ0n) is 14.9. The van der Waals surface area contributed by atoms with E-state index in [0.29, 0.717) is 21.5 Å². The molecule has 0 saturated carbocycles. The second-order valence-electron chi connectivity index (χ2n) is 6.12. The summed E-state index contributed by atoms with van der Waals surface area (Å²) >= 11 is 1.38. The number of hydrogen-bond donors (Lipinski definition) is 0. The molecule has 7 nitrogen and oxygen atoms in total. The fourth-order valence-corrected chi connectivity index (χ4v) is 4.05. The van der Waals surface area contributed by atoms with Crippen LogP contribution in [-0.2, 0) is 6.54 Å². The highest BCUT2D eigenvalue weighted by Gasteiger charge is 2.15. The molecule has 0 amide bonds. The smallest absolute Gasteiger partial charge is 0.271 e. The van der Waals surface area contributed by atoms with Gasteiger partial charge in [0.15, 0.2) is 0 Å². The molecule has 0 atom stereocenters. The van der Waals surface area contributed by atoms with E-state index in [1.54, 1.807) is 0 Å². The van der Waals surface area contributed by atoms with Crippen molar-refractivity contribution in [2.75, 3.05) is 7.11 Å². The minimum absolute atomic E-state index is 0.0552. The largest absolute Gasteiger partial charge is 0.496 e. The Bertz CT molecular complexity index is 1230. The van der Waals surface area contributed by atoms with Gasteiger partial charge >= 0.3 is 0 Å². The number of hydrogen-bond acceptors (Lipinski definition) is 6. The van der Waals surface area contributed by atoms with Gasteiger partial charge in [-0.1, -0.05) is 30.3 Å². The molecular weight excluding hydrogens is 378 g/mol. The first-order chi connectivity index (χ1) is 13.6. The van der Waals surface area contributed by atoms with E-state index in [1.165, 1.54) is 47.5 Å². The standard InChI is InChI=1S/C20H15N3O4S/c1-27-17-8-7-15(23(25)26)9-14(17)11-22-12-21-16-10-18(28-19(16)20(22)24)13-5-3-2-4-6-13/h2-10,12H,11H2,1H3. The average Bonchev–Trinajstić information content (AvgIpc) is 3.16. The number of thiophene rings is 1. The summed E-state index contributed by atoms with van der Waals surface area (Å²) in [6.45, 7) is 0.130. The molecule has 0 aliphatic rings. The second kappa shape index (κ2) is 7.24. The first-order valence-electron chi connectivity index (χ1n) is 8.42. The maximum Gasteiger partial charge on any atom is 0.271 e. The van der Waals surface area contributed by atoms with Crippen LogP contribution in [0.25, 0.3) is 20.7 Å². The summed E-state index contributed by atoms with van der Waals surface area (Å²) < 4.78 is 7.27. The van der Waals surface area contributed by atoms with Crippen LogP contribution in [0.2, 0.25) is 0 Å². The third kappa shape index (κ3) is 3.25. The Morgan fingerprint density at radius 3 is 2.68 bits per heavy atom. The van der Waals surface area contributed by atoms with Crippen LogP contribution in [0.1, 0.15) is 5.56 Å². The van der Waals surface area contributed by atoms with Gasteiger partial charge in [-0.05, 0) is 17.7 Å². The number of nitrogens with zero attached hydrogens (tertiary/aromatic N) is 3. The van der Waals surface area contributed by atoms with Gasteiger partial charge in [0.25, 0.3) is 11.2 Å². The lowest BCUT2D eigenvalue weighted by Gasteiger charge is -2.10. The molecule has 28 heavy (non-hydrogen) atoms. The minimum Gasteiger partial charge on any atom is -0.496 e. The topological polar surface area (TPSA) is 87.3 Å². The number of ether oxygens (including phenoxy) is 1. The van der Waals surface area contributed by atoms with Gasteiger partial charge in [-0.3, -0.25) is 19.5 Å². The number of nitro benzene ring substituents is 1. The number of benzene rings is 2. The van der Waals surface area contributed by atoms with Crippen LogP contribution >= 0.6 is 11.3 Å². The van der Waals surface area contributed by atoms with E-state index >= 15 is 0 Å². The van der Waals surface area contributed by atoms with Gasteiger partial charge in [0.2, 0.25) is 0 Å². The molecular formula is C20H15N3O4S. The zero-order valence-corrected chi connectivity index (χ0v) is 15.7. The van der Waals surface area contributed by atoms with E-state index in [9.17, 15) is 14.9 Å². The Morgan fingerprint density at radius 2 is 1.96 bits per heavy atom. The lowest BCUT2D eigenvalue weighted by atomic mass is 10.1. The third-order valence-electron chi connectivity index (χ3n) is 4.38. The maximum atomic E-state index is 13.0. The highest BCUT2D eigenvalue weighted by Crippen LogP contribution is 2.31. The van der Waals surface area contributed by atoms with E-state index in [1.807, 2.05) is 36.4 Å². The molecule has 0 saturated heterocycles. The van der Waals surface area contributed by atoms with E-state index in [0.717, 1.165) is 10.4 Å². The molecule has 0 fully saturated rings. The number of rotatable bonds is 5. The first kappa shape index (κ1) is 17.9. The summed E-state index contributed by atoms with van der Waals surface area (Å²) in [5.74, 6) is 0.480. The summed E-state index contributed by atoms with van der Waals surface area (Å²) in [4.78, 5) is 28.9. The van der Waals surface area contributed by atoms with Crippen LogP contribution in [0.4, 0.5) is 5.69 Å². The summed E-state index contributed by atoms with van der Waals surface area (Å²) in [5, 5.41) is 11.1. The highest BCUT2D eigenvalue weighted by atomic mass is 32.1. The van der Waals surface area contributed by atoms with Crippen molar-refractivity contribution in [1.29, 1.82) is 0 Å². The van der Waals surface area contributed by atoms with Gasteiger partial charge in [0.1, 0.15) is 10.4 Å². The summed E-state index contributed by atoms with van der Waals surface area (Å²) in [6, 6.07) is 16.0. The van der Waals surface area contributed by atoms with Crippen molar-refractivity contribution < 1.29 is 9.66 Å². The summed E-state index contributed by atoms with van der Waals surface area (Å²) in [5.41, 5.74) is 1.96.